The van der Waals surface area contributed by atoms with Crippen molar-refractivity contribution < 1.29 is 13.9 Å². The van der Waals surface area contributed by atoms with Gasteiger partial charge in [0.2, 0.25) is 0 Å². The highest BCUT2D eigenvalue weighted by Gasteiger charge is 2.23. The summed E-state index contributed by atoms with van der Waals surface area (Å²) in [5, 5.41) is 3.24. The third kappa shape index (κ3) is 3.14. The van der Waals surface area contributed by atoms with Crippen molar-refractivity contribution in [3.8, 4) is 5.75 Å². The second-order valence-electron chi connectivity index (χ2n) is 3.88. The van der Waals surface area contributed by atoms with E-state index in [1.165, 1.54) is 6.07 Å². The first-order valence-corrected chi connectivity index (χ1v) is 5.78. The molecule has 1 aliphatic rings. The Balaban J connectivity index is 2.04. The van der Waals surface area contributed by atoms with Crippen LogP contribution in [-0.2, 0) is 4.79 Å². The smallest absolute Gasteiger partial charge is 0.314 e. The van der Waals surface area contributed by atoms with E-state index in [2.05, 4.69) is 10.3 Å². The Hall–Kier alpha value is -1.20. The summed E-state index contributed by atoms with van der Waals surface area (Å²) >= 11 is 5.61. The van der Waals surface area contributed by atoms with Crippen LogP contribution >= 0.6 is 11.6 Å². The normalized spacial score (nSPS) is 16.8. The van der Waals surface area contributed by atoms with Crippen molar-refractivity contribution in [3.05, 3.63) is 23.2 Å². The minimum absolute atomic E-state index is 0.0968. The van der Waals surface area contributed by atoms with Gasteiger partial charge in [-0.3, -0.25) is 4.79 Å². The van der Waals surface area contributed by atoms with Crippen LogP contribution in [0.3, 0.4) is 0 Å². The topological polar surface area (TPSA) is 51.2 Å². The highest BCUT2D eigenvalue weighted by Crippen LogP contribution is 2.22. The maximum absolute atomic E-state index is 13.3. The predicted molar refractivity (Wildman–Crippen MR) is 60.4 cm³/mol. The summed E-state index contributed by atoms with van der Waals surface area (Å²) in [4.78, 5) is 15.3. The lowest BCUT2D eigenvalue weighted by atomic mass is 9.98. The molecule has 0 radical (unpaired) electrons. The molecule has 2 rings (SSSR count). The molecule has 0 aliphatic carbocycles. The van der Waals surface area contributed by atoms with Crippen molar-refractivity contribution in [2.24, 2.45) is 5.92 Å². The monoisotopic (exact) mass is 258 g/mol. The highest BCUT2D eigenvalue weighted by molar-refractivity contribution is 6.29. The van der Waals surface area contributed by atoms with E-state index in [4.69, 9.17) is 16.3 Å². The lowest BCUT2D eigenvalue weighted by Gasteiger charge is -2.20. The summed E-state index contributed by atoms with van der Waals surface area (Å²) in [6.45, 7) is 1.55. The number of rotatable bonds is 2. The van der Waals surface area contributed by atoms with Crippen molar-refractivity contribution in [3.63, 3.8) is 0 Å². The molecule has 1 fully saturated rings. The van der Waals surface area contributed by atoms with Gasteiger partial charge in [-0.05, 0) is 25.9 Å². The van der Waals surface area contributed by atoms with Crippen LogP contribution in [-0.4, -0.2) is 24.0 Å². The second-order valence-corrected chi connectivity index (χ2v) is 4.27. The molecular weight excluding hydrogens is 247 g/mol. The zero-order valence-corrected chi connectivity index (χ0v) is 9.84. The van der Waals surface area contributed by atoms with Crippen LogP contribution in [0.4, 0.5) is 4.39 Å². The molecule has 0 aromatic carbocycles. The number of carbonyl (C=O) groups is 1. The van der Waals surface area contributed by atoms with Crippen molar-refractivity contribution in [1.82, 2.24) is 10.3 Å². The molecule has 0 bridgehead atoms. The quantitative estimate of drug-likeness (QED) is 0.649. The van der Waals surface area contributed by atoms with Crippen molar-refractivity contribution in [2.45, 2.75) is 12.8 Å². The molecule has 1 saturated heterocycles. The van der Waals surface area contributed by atoms with E-state index in [9.17, 15) is 9.18 Å². The minimum atomic E-state index is -0.684. The van der Waals surface area contributed by atoms with E-state index < -0.39 is 11.8 Å². The number of hydrogen-bond donors (Lipinski definition) is 1. The Labute approximate surface area is 103 Å². The zero-order chi connectivity index (χ0) is 12.3. The molecule has 0 atom stereocenters. The van der Waals surface area contributed by atoms with Gasteiger partial charge in [0.25, 0.3) is 0 Å². The van der Waals surface area contributed by atoms with Gasteiger partial charge in [-0.25, -0.2) is 9.37 Å². The maximum Gasteiger partial charge on any atom is 0.314 e. The zero-order valence-electron chi connectivity index (χ0n) is 9.08. The number of pyridine rings is 1. The molecule has 17 heavy (non-hydrogen) atoms. The average Bonchev–Trinajstić information content (AvgIpc) is 2.35. The summed E-state index contributed by atoms with van der Waals surface area (Å²) in [6.07, 6.45) is 2.35. The van der Waals surface area contributed by atoms with Crippen LogP contribution in [0.25, 0.3) is 0 Å². The fraction of sp³-hybridized carbons (Fsp3) is 0.455. The molecular formula is C11H12ClFN2O2. The number of halogens is 2. The summed E-state index contributed by atoms with van der Waals surface area (Å²) in [6, 6.07) is 1.20. The van der Waals surface area contributed by atoms with Crippen LogP contribution in [0, 0.1) is 11.7 Å². The van der Waals surface area contributed by atoms with Gasteiger partial charge >= 0.3 is 5.97 Å². The molecule has 1 N–H and O–H groups in total. The number of nitrogens with one attached hydrogen (secondary N) is 1. The first kappa shape index (κ1) is 12.3. The number of ether oxygens (including phenoxy) is 1. The average molecular weight is 259 g/mol. The third-order valence-corrected chi connectivity index (χ3v) is 2.88. The van der Waals surface area contributed by atoms with Gasteiger partial charge in [0.05, 0.1) is 12.1 Å². The molecule has 0 spiro atoms. The molecule has 0 amide bonds. The Morgan fingerprint density at radius 3 is 2.94 bits per heavy atom. The highest BCUT2D eigenvalue weighted by atomic mass is 35.5. The van der Waals surface area contributed by atoms with Gasteiger partial charge < -0.3 is 10.1 Å². The first-order chi connectivity index (χ1) is 8.16. The Morgan fingerprint density at radius 1 is 1.53 bits per heavy atom. The second kappa shape index (κ2) is 5.42. The number of carbonyl (C=O) groups excluding carboxylic acids is 1. The molecule has 4 nitrogen and oxygen atoms in total. The number of nitrogens with zero attached hydrogens (tertiary/aromatic N) is 1. The molecule has 1 aromatic heterocycles. The van der Waals surface area contributed by atoms with E-state index in [-0.39, 0.29) is 16.8 Å². The van der Waals surface area contributed by atoms with Gasteiger partial charge in [0.15, 0.2) is 11.6 Å². The van der Waals surface area contributed by atoms with Crippen molar-refractivity contribution >= 4 is 17.6 Å². The molecule has 2 heterocycles. The molecule has 1 aliphatic heterocycles. The SMILES string of the molecule is O=C(Oc1cc(Cl)ncc1F)C1CCNCC1. The molecule has 0 saturated carbocycles. The van der Waals surface area contributed by atoms with Gasteiger partial charge in [-0.15, -0.1) is 0 Å². The van der Waals surface area contributed by atoms with Crippen molar-refractivity contribution in [1.29, 1.82) is 0 Å². The van der Waals surface area contributed by atoms with Crippen LogP contribution in [0.2, 0.25) is 5.15 Å². The number of aromatic nitrogens is 1. The fourth-order valence-electron chi connectivity index (χ4n) is 1.72. The Kier molecular flexibility index (Phi) is 3.91. The van der Waals surface area contributed by atoms with Gasteiger partial charge in [0.1, 0.15) is 5.15 Å². The van der Waals surface area contributed by atoms with Gasteiger partial charge in [-0.2, -0.15) is 0 Å². The molecule has 0 unspecified atom stereocenters. The minimum Gasteiger partial charge on any atom is -0.423 e. The van der Waals surface area contributed by atoms with Gasteiger partial charge in [-0.1, -0.05) is 11.6 Å². The van der Waals surface area contributed by atoms with E-state index in [1.54, 1.807) is 0 Å². The van der Waals surface area contributed by atoms with Crippen molar-refractivity contribution in [2.75, 3.05) is 13.1 Å². The van der Waals surface area contributed by atoms with Crippen LogP contribution < -0.4 is 10.1 Å². The number of piperidine rings is 1. The predicted octanol–water partition coefficient (Wildman–Crippen LogP) is 1.78. The summed E-state index contributed by atoms with van der Waals surface area (Å²) in [7, 11) is 0. The standard InChI is InChI=1S/C11H12ClFN2O2/c12-10-5-9(8(13)6-15-10)17-11(16)7-1-3-14-4-2-7/h5-7,14H,1-4H2. The van der Waals surface area contributed by atoms with Crippen LogP contribution in [0.15, 0.2) is 12.3 Å². The third-order valence-electron chi connectivity index (χ3n) is 2.67. The van der Waals surface area contributed by atoms with Gasteiger partial charge in [0, 0.05) is 6.07 Å². The number of hydrogen-bond acceptors (Lipinski definition) is 4. The summed E-state index contributed by atoms with van der Waals surface area (Å²) in [5.41, 5.74) is 0. The van der Waals surface area contributed by atoms with Crippen LogP contribution in [0.5, 0.6) is 5.75 Å². The maximum atomic E-state index is 13.3. The molecule has 6 heteroatoms. The lowest BCUT2D eigenvalue weighted by Crippen LogP contribution is -2.33. The summed E-state index contributed by atoms with van der Waals surface area (Å²) < 4.78 is 18.3. The van der Waals surface area contributed by atoms with E-state index in [0.29, 0.717) is 12.8 Å². The van der Waals surface area contributed by atoms with E-state index in [1.807, 2.05) is 0 Å². The first-order valence-electron chi connectivity index (χ1n) is 5.40. The largest absolute Gasteiger partial charge is 0.423 e. The van der Waals surface area contributed by atoms with E-state index in [0.717, 1.165) is 19.3 Å². The lowest BCUT2D eigenvalue weighted by molar-refractivity contribution is -0.140. The molecule has 1 aromatic rings. The van der Waals surface area contributed by atoms with E-state index >= 15 is 0 Å². The Bertz CT molecular complexity index is 422. The van der Waals surface area contributed by atoms with Crippen LogP contribution in [0.1, 0.15) is 12.8 Å². The Morgan fingerprint density at radius 2 is 2.24 bits per heavy atom. The summed E-state index contributed by atoms with van der Waals surface area (Å²) in [5.74, 6) is -1.43. The number of esters is 1. The molecule has 92 valence electrons. The fourth-order valence-corrected chi connectivity index (χ4v) is 1.87.